The summed E-state index contributed by atoms with van der Waals surface area (Å²) < 4.78 is 0. The molecule has 1 unspecified atom stereocenters. The van der Waals surface area contributed by atoms with E-state index in [4.69, 9.17) is 0 Å². The van der Waals surface area contributed by atoms with Crippen molar-refractivity contribution in [2.45, 2.75) is 33.3 Å². The Morgan fingerprint density at radius 1 is 1.53 bits per heavy atom. The van der Waals surface area contributed by atoms with Gasteiger partial charge < -0.3 is 10.4 Å². The van der Waals surface area contributed by atoms with Crippen LogP contribution < -0.4 is 5.32 Å². The first-order valence-electron chi connectivity index (χ1n) is 5.71. The fourth-order valence-electron chi connectivity index (χ4n) is 1.36. The van der Waals surface area contributed by atoms with Crippen LogP contribution in [-0.4, -0.2) is 17.6 Å². The van der Waals surface area contributed by atoms with Crippen LogP contribution in [0.15, 0.2) is 28.0 Å². The lowest BCUT2D eigenvalue weighted by Crippen LogP contribution is -2.29. The van der Waals surface area contributed by atoms with Gasteiger partial charge in [0.15, 0.2) is 0 Å². The van der Waals surface area contributed by atoms with Crippen LogP contribution in [0.4, 0.5) is 0 Å². The summed E-state index contributed by atoms with van der Waals surface area (Å²) in [5.41, 5.74) is 2.67. The maximum absolute atomic E-state index is 11.7. The van der Waals surface area contributed by atoms with E-state index in [-0.39, 0.29) is 12.5 Å². The van der Waals surface area contributed by atoms with Crippen molar-refractivity contribution in [2.24, 2.45) is 0 Å². The van der Waals surface area contributed by atoms with Gasteiger partial charge in [-0.2, -0.15) is 11.3 Å². The molecule has 1 heterocycles. The highest BCUT2D eigenvalue weighted by atomic mass is 32.1. The highest BCUT2D eigenvalue weighted by molar-refractivity contribution is 7.07. The lowest BCUT2D eigenvalue weighted by Gasteiger charge is -2.12. The number of hydrogen-bond acceptors (Lipinski definition) is 3. The van der Waals surface area contributed by atoms with Gasteiger partial charge in [-0.05, 0) is 42.7 Å². The molecule has 94 valence electrons. The van der Waals surface area contributed by atoms with Crippen LogP contribution in [0.3, 0.4) is 0 Å². The summed E-state index contributed by atoms with van der Waals surface area (Å²) in [5.74, 6) is -0.0985. The van der Waals surface area contributed by atoms with E-state index in [1.807, 2.05) is 37.6 Å². The quantitative estimate of drug-likeness (QED) is 0.793. The zero-order valence-corrected chi connectivity index (χ0v) is 11.3. The molecule has 17 heavy (non-hydrogen) atoms. The third-order valence-corrected chi connectivity index (χ3v) is 3.60. The predicted octanol–water partition coefficient (Wildman–Crippen LogP) is 2.64. The second kappa shape index (κ2) is 6.57. The Balaban J connectivity index is 2.49. The molecule has 0 aliphatic rings. The van der Waals surface area contributed by atoms with Crippen LogP contribution in [0.5, 0.6) is 0 Å². The molecule has 2 N–H and O–H groups in total. The van der Waals surface area contributed by atoms with Gasteiger partial charge in [0.2, 0.25) is 5.91 Å². The summed E-state index contributed by atoms with van der Waals surface area (Å²) in [6, 6.07) is 1.86. The fourth-order valence-corrected chi connectivity index (χ4v) is 2.07. The van der Waals surface area contributed by atoms with Crippen LogP contribution in [0.25, 0.3) is 0 Å². The number of aliphatic hydroxyl groups is 1. The van der Waals surface area contributed by atoms with Crippen LogP contribution in [0, 0.1) is 0 Å². The zero-order chi connectivity index (χ0) is 12.8. The van der Waals surface area contributed by atoms with E-state index < -0.39 is 6.10 Å². The molecule has 1 aromatic heterocycles. The third kappa shape index (κ3) is 3.98. The lowest BCUT2D eigenvalue weighted by atomic mass is 10.1. The standard InChI is InChI=1S/C13H19NO2S/c1-4-9(2)10(3)13(16)14-7-12(15)11-5-6-17-8-11/h5-6,8,12,15H,4,7H2,1-3H3,(H,14,16)/b10-9-. The van der Waals surface area contributed by atoms with Gasteiger partial charge >= 0.3 is 0 Å². The number of amides is 1. The van der Waals surface area contributed by atoms with Crippen molar-refractivity contribution in [1.82, 2.24) is 5.32 Å². The van der Waals surface area contributed by atoms with E-state index in [9.17, 15) is 9.90 Å². The van der Waals surface area contributed by atoms with E-state index in [1.54, 1.807) is 0 Å². The lowest BCUT2D eigenvalue weighted by molar-refractivity contribution is -0.118. The molecule has 1 rings (SSSR count). The number of hydrogen-bond donors (Lipinski definition) is 2. The Labute approximate surface area is 106 Å². The van der Waals surface area contributed by atoms with Crippen molar-refractivity contribution in [3.8, 4) is 0 Å². The van der Waals surface area contributed by atoms with Crippen molar-refractivity contribution < 1.29 is 9.90 Å². The first-order chi connectivity index (χ1) is 8.06. The number of allylic oxidation sites excluding steroid dienone is 1. The van der Waals surface area contributed by atoms with E-state index in [1.165, 1.54) is 11.3 Å². The van der Waals surface area contributed by atoms with Gasteiger partial charge in [0, 0.05) is 12.1 Å². The molecule has 4 heteroatoms. The Hall–Kier alpha value is -1.13. The minimum atomic E-state index is -0.625. The molecule has 0 saturated heterocycles. The molecule has 0 aliphatic heterocycles. The number of carbonyl (C=O) groups excluding carboxylic acids is 1. The Morgan fingerprint density at radius 2 is 2.24 bits per heavy atom. The van der Waals surface area contributed by atoms with Crippen molar-refractivity contribution in [2.75, 3.05) is 6.54 Å². The number of rotatable bonds is 5. The summed E-state index contributed by atoms with van der Waals surface area (Å²) in [6.45, 7) is 6.03. The molecule has 0 fully saturated rings. The number of aliphatic hydroxyl groups excluding tert-OH is 1. The maximum Gasteiger partial charge on any atom is 0.246 e. The average molecular weight is 253 g/mol. The normalized spacial score (nSPS) is 14.1. The summed E-state index contributed by atoms with van der Waals surface area (Å²) in [4.78, 5) is 11.7. The van der Waals surface area contributed by atoms with Crippen molar-refractivity contribution in [3.05, 3.63) is 33.5 Å². The minimum absolute atomic E-state index is 0.0985. The molecular weight excluding hydrogens is 234 g/mol. The molecule has 0 bridgehead atoms. The van der Waals surface area contributed by atoms with Crippen molar-refractivity contribution in [1.29, 1.82) is 0 Å². The molecule has 1 amide bonds. The van der Waals surface area contributed by atoms with E-state index >= 15 is 0 Å². The SMILES string of the molecule is CC/C(C)=C(/C)C(=O)NCC(O)c1ccsc1. The van der Waals surface area contributed by atoms with Gasteiger partial charge in [-0.15, -0.1) is 0 Å². The summed E-state index contributed by atoms with van der Waals surface area (Å²) >= 11 is 1.53. The second-order valence-electron chi connectivity index (χ2n) is 4.04. The largest absolute Gasteiger partial charge is 0.387 e. The summed E-state index contributed by atoms with van der Waals surface area (Å²) in [7, 11) is 0. The molecule has 3 nitrogen and oxygen atoms in total. The monoisotopic (exact) mass is 253 g/mol. The molecular formula is C13H19NO2S. The van der Waals surface area contributed by atoms with Gasteiger partial charge in [-0.1, -0.05) is 12.5 Å². The average Bonchev–Trinajstić information content (AvgIpc) is 2.87. The maximum atomic E-state index is 11.7. The van der Waals surface area contributed by atoms with E-state index in [0.29, 0.717) is 0 Å². The number of nitrogens with one attached hydrogen (secondary N) is 1. The van der Waals surface area contributed by atoms with Crippen LogP contribution in [-0.2, 0) is 4.79 Å². The van der Waals surface area contributed by atoms with Crippen molar-refractivity contribution >= 4 is 17.2 Å². The van der Waals surface area contributed by atoms with E-state index in [2.05, 4.69) is 5.32 Å². The summed E-state index contributed by atoms with van der Waals surface area (Å²) in [5, 5.41) is 16.4. The van der Waals surface area contributed by atoms with Crippen molar-refractivity contribution in [3.63, 3.8) is 0 Å². The topological polar surface area (TPSA) is 49.3 Å². The Morgan fingerprint density at radius 3 is 2.76 bits per heavy atom. The summed E-state index contributed by atoms with van der Waals surface area (Å²) in [6.07, 6.45) is 0.242. The molecule has 0 radical (unpaired) electrons. The van der Waals surface area contributed by atoms with Crippen LogP contribution in [0.2, 0.25) is 0 Å². The van der Waals surface area contributed by atoms with Gasteiger partial charge in [-0.25, -0.2) is 0 Å². The van der Waals surface area contributed by atoms with Gasteiger partial charge in [-0.3, -0.25) is 4.79 Å². The highest BCUT2D eigenvalue weighted by Crippen LogP contribution is 2.15. The van der Waals surface area contributed by atoms with E-state index in [0.717, 1.165) is 23.1 Å². The van der Waals surface area contributed by atoms with Gasteiger partial charge in [0.05, 0.1) is 6.10 Å². The molecule has 0 aliphatic carbocycles. The molecule has 0 aromatic carbocycles. The zero-order valence-electron chi connectivity index (χ0n) is 10.5. The fraction of sp³-hybridized carbons (Fsp3) is 0.462. The molecule has 1 aromatic rings. The number of carbonyl (C=O) groups is 1. The van der Waals surface area contributed by atoms with Gasteiger partial charge in [0.1, 0.15) is 0 Å². The first-order valence-corrected chi connectivity index (χ1v) is 6.65. The Kier molecular flexibility index (Phi) is 5.38. The second-order valence-corrected chi connectivity index (χ2v) is 4.82. The number of thiophene rings is 1. The Bertz CT molecular complexity index is 396. The predicted molar refractivity (Wildman–Crippen MR) is 71.0 cm³/mol. The molecule has 0 spiro atoms. The van der Waals surface area contributed by atoms with Gasteiger partial charge in [0.25, 0.3) is 0 Å². The molecule has 0 saturated carbocycles. The molecule has 1 atom stereocenters. The third-order valence-electron chi connectivity index (χ3n) is 2.90. The smallest absolute Gasteiger partial charge is 0.246 e. The van der Waals surface area contributed by atoms with Crippen LogP contribution >= 0.6 is 11.3 Å². The first kappa shape index (κ1) is 13.9. The van der Waals surface area contributed by atoms with Crippen LogP contribution in [0.1, 0.15) is 38.9 Å². The highest BCUT2D eigenvalue weighted by Gasteiger charge is 2.11. The minimum Gasteiger partial charge on any atom is -0.387 e.